The molecule has 1 aromatic carbocycles. The van der Waals surface area contributed by atoms with Crippen molar-refractivity contribution in [3.63, 3.8) is 0 Å². The van der Waals surface area contributed by atoms with Gasteiger partial charge in [-0.2, -0.15) is 0 Å². The molecule has 34 heavy (non-hydrogen) atoms. The summed E-state index contributed by atoms with van der Waals surface area (Å²) < 4.78 is 1.69. The van der Waals surface area contributed by atoms with Gasteiger partial charge in [0.1, 0.15) is 0 Å². The van der Waals surface area contributed by atoms with Gasteiger partial charge in [0, 0.05) is 48.3 Å². The highest BCUT2D eigenvalue weighted by atomic mass is 16.1. The molecule has 0 atom stereocenters. The molecule has 0 radical (unpaired) electrons. The van der Waals surface area contributed by atoms with Crippen LogP contribution < -0.4 is 11.3 Å². The predicted octanol–water partition coefficient (Wildman–Crippen LogP) is 5.34. The molecule has 0 unspecified atom stereocenters. The Labute approximate surface area is 202 Å². The number of pyridine rings is 1. The van der Waals surface area contributed by atoms with E-state index in [1.165, 1.54) is 0 Å². The summed E-state index contributed by atoms with van der Waals surface area (Å²) in [7, 11) is 1.71. The van der Waals surface area contributed by atoms with E-state index in [2.05, 4.69) is 20.9 Å². The molecule has 3 aromatic rings. The van der Waals surface area contributed by atoms with Gasteiger partial charge < -0.3 is 5.73 Å². The van der Waals surface area contributed by atoms with Crippen molar-refractivity contribution < 1.29 is 0 Å². The highest BCUT2D eigenvalue weighted by Crippen LogP contribution is 2.29. The molecular weight excluding hydrogens is 423 g/mol. The Bertz CT molecular complexity index is 1240. The molecule has 178 valence electrons. The van der Waals surface area contributed by atoms with Crippen LogP contribution in [-0.4, -0.2) is 34.5 Å². The van der Waals surface area contributed by atoms with Crippen molar-refractivity contribution in [2.45, 2.75) is 66.1 Å². The van der Waals surface area contributed by atoms with Crippen LogP contribution in [0.3, 0.4) is 0 Å². The molecule has 1 aliphatic rings. The fourth-order valence-corrected chi connectivity index (χ4v) is 4.15. The smallest absolute Gasteiger partial charge is 0.280 e. The van der Waals surface area contributed by atoms with E-state index in [9.17, 15) is 4.79 Å². The number of hydrogen-bond donors (Lipinski definition) is 1. The van der Waals surface area contributed by atoms with Crippen molar-refractivity contribution in [2.24, 2.45) is 4.99 Å². The first-order valence-corrected chi connectivity index (χ1v) is 12.1. The molecule has 7 nitrogen and oxygen atoms in total. The average molecular weight is 458 g/mol. The number of nitrogen functional groups attached to an aromatic ring is 1. The standard InChI is InChI=1S/C22H23BN6O.2C2H6/c1-14-7-15(8-17(10-26-2)20(14)25)16-9-19-21(27-11-16)22(30)29(13-28-19)18-3-5-23(12-24)6-4-18;2*1-2/h7-11,13,18H,3-6,25H2,1-2H3;2*1-2H3. The number of fused-ring (bicyclic) bond motifs is 1. The second-order valence-electron chi connectivity index (χ2n) is 7.87. The lowest BCUT2D eigenvalue weighted by Crippen LogP contribution is -2.30. The summed E-state index contributed by atoms with van der Waals surface area (Å²) in [4.78, 5) is 26.1. The summed E-state index contributed by atoms with van der Waals surface area (Å²) in [6, 6.07) is 5.93. The van der Waals surface area contributed by atoms with Crippen LogP contribution in [0.1, 0.15) is 57.7 Å². The van der Waals surface area contributed by atoms with E-state index >= 15 is 0 Å². The van der Waals surface area contributed by atoms with Crippen LogP contribution in [0.5, 0.6) is 0 Å². The third-order valence-corrected chi connectivity index (χ3v) is 5.92. The lowest BCUT2D eigenvalue weighted by atomic mass is 9.42. The first-order valence-electron chi connectivity index (χ1n) is 12.1. The van der Waals surface area contributed by atoms with Crippen LogP contribution in [0, 0.1) is 18.2 Å². The second-order valence-corrected chi connectivity index (χ2v) is 7.87. The van der Waals surface area contributed by atoms with Crippen LogP contribution in [0.2, 0.25) is 12.6 Å². The molecule has 1 aliphatic heterocycles. The maximum atomic E-state index is 13.0. The Hall–Kier alpha value is -3.47. The number of hydrogen-bond acceptors (Lipinski definition) is 6. The molecule has 8 heteroatoms. The van der Waals surface area contributed by atoms with Crippen LogP contribution in [0.4, 0.5) is 5.69 Å². The van der Waals surface area contributed by atoms with E-state index in [0.29, 0.717) is 16.7 Å². The van der Waals surface area contributed by atoms with Gasteiger partial charge in [-0.25, -0.2) is 15.2 Å². The zero-order valence-corrected chi connectivity index (χ0v) is 21.2. The number of nitriles is 1. The van der Waals surface area contributed by atoms with Gasteiger partial charge in [-0.1, -0.05) is 40.3 Å². The molecular formula is C26H35BN6O. The maximum absolute atomic E-state index is 13.0. The fraction of sp³-hybridized carbons (Fsp3) is 0.423. The van der Waals surface area contributed by atoms with Gasteiger partial charge in [-0.3, -0.25) is 14.4 Å². The highest BCUT2D eigenvalue weighted by Gasteiger charge is 2.26. The van der Waals surface area contributed by atoms with E-state index < -0.39 is 0 Å². The summed E-state index contributed by atoms with van der Waals surface area (Å²) in [6.07, 6.45) is 8.33. The number of rotatable bonds is 3. The van der Waals surface area contributed by atoms with Gasteiger partial charge in [0.15, 0.2) is 5.52 Å². The van der Waals surface area contributed by atoms with E-state index in [0.717, 1.165) is 47.7 Å². The molecule has 0 spiro atoms. The summed E-state index contributed by atoms with van der Waals surface area (Å²) in [5.74, 6) is 2.33. The molecule has 0 bridgehead atoms. The third-order valence-electron chi connectivity index (χ3n) is 5.92. The Morgan fingerprint density at radius 2 is 1.82 bits per heavy atom. The van der Waals surface area contributed by atoms with Crippen molar-refractivity contribution >= 4 is 29.6 Å². The molecule has 1 fully saturated rings. The van der Waals surface area contributed by atoms with E-state index in [-0.39, 0.29) is 18.3 Å². The summed E-state index contributed by atoms with van der Waals surface area (Å²) in [5.41, 5.74) is 11.3. The minimum atomic E-state index is -0.126. The third kappa shape index (κ3) is 5.71. The number of aliphatic imine (C=N–C) groups is 1. The Morgan fingerprint density at radius 3 is 2.44 bits per heavy atom. The van der Waals surface area contributed by atoms with Gasteiger partial charge in [0.2, 0.25) is 0 Å². The number of nitrogens with zero attached hydrogens (tertiary/aromatic N) is 5. The molecule has 2 aromatic heterocycles. The monoisotopic (exact) mass is 458 g/mol. The Balaban J connectivity index is 0.000000970. The minimum absolute atomic E-state index is 0.0797. The van der Waals surface area contributed by atoms with Crippen molar-refractivity contribution in [1.29, 1.82) is 5.26 Å². The van der Waals surface area contributed by atoms with Crippen molar-refractivity contribution in [2.75, 3.05) is 12.8 Å². The quantitative estimate of drug-likeness (QED) is 0.324. The average Bonchev–Trinajstić information content (AvgIpc) is 2.89. The molecule has 0 saturated carbocycles. The van der Waals surface area contributed by atoms with E-state index in [1.807, 2.05) is 52.8 Å². The largest absolute Gasteiger partial charge is 0.398 e. The first-order chi connectivity index (χ1) is 16.5. The van der Waals surface area contributed by atoms with E-state index in [1.54, 1.807) is 30.4 Å². The van der Waals surface area contributed by atoms with Crippen LogP contribution in [0.25, 0.3) is 22.2 Å². The van der Waals surface area contributed by atoms with Gasteiger partial charge >= 0.3 is 0 Å². The Morgan fingerprint density at radius 1 is 1.15 bits per heavy atom. The fourth-order valence-electron chi connectivity index (χ4n) is 4.15. The summed E-state index contributed by atoms with van der Waals surface area (Å²) in [5, 5.41) is 9.09. The second kappa shape index (κ2) is 12.7. The van der Waals surface area contributed by atoms with Crippen LogP contribution in [0.15, 0.2) is 40.5 Å². The zero-order chi connectivity index (χ0) is 25.3. The molecule has 0 amide bonds. The van der Waals surface area contributed by atoms with Crippen LogP contribution >= 0.6 is 0 Å². The number of benzene rings is 1. The number of aryl methyl sites for hydroxylation is 1. The maximum Gasteiger partial charge on any atom is 0.280 e. The van der Waals surface area contributed by atoms with Crippen molar-refractivity contribution in [3.8, 4) is 17.1 Å². The normalized spacial score (nSPS) is 13.6. The first kappa shape index (κ1) is 26.8. The number of anilines is 1. The Kier molecular flexibility index (Phi) is 10.00. The van der Waals surface area contributed by atoms with Gasteiger partial charge in [0.25, 0.3) is 12.3 Å². The predicted molar refractivity (Wildman–Crippen MR) is 144 cm³/mol. The molecule has 4 rings (SSSR count). The summed E-state index contributed by atoms with van der Waals surface area (Å²) in [6.45, 7) is 10.1. The summed E-state index contributed by atoms with van der Waals surface area (Å²) >= 11 is 0. The van der Waals surface area contributed by atoms with Gasteiger partial charge in [0.05, 0.1) is 11.8 Å². The van der Waals surface area contributed by atoms with Gasteiger partial charge in [-0.05, 0) is 49.1 Å². The van der Waals surface area contributed by atoms with Crippen molar-refractivity contribution in [1.82, 2.24) is 14.5 Å². The van der Waals surface area contributed by atoms with Crippen molar-refractivity contribution in [3.05, 3.63) is 52.2 Å². The minimum Gasteiger partial charge on any atom is -0.398 e. The number of nitrogens with two attached hydrogens (primary N) is 1. The van der Waals surface area contributed by atoms with Crippen LogP contribution in [-0.2, 0) is 0 Å². The van der Waals surface area contributed by atoms with Gasteiger partial charge in [-0.15, -0.1) is 0 Å². The lowest BCUT2D eigenvalue weighted by Gasteiger charge is -2.24. The number of aromatic nitrogens is 3. The molecule has 2 N–H and O–H groups in total. The molecule has 3 heterocycles. The van der Waals surface area contributed by atoms with E-state index in [4.69, 9.17) is 11.0 Å². The highest BCUT2D eigenvalue weighted by molar-refractivity contribution is 6.67. The molecule has 0 aliphatic carbocycles. The molecule has 1 saturated heterocycles. The lowest BCUT2D eigenvalue weighted by molar-refractivity contribution is 0.440. The topological polar surface area (TPSA) is 110 Å². The zero-order valence-electron chi connectivity index (χ0n) is 21.2. The SMILES string of the molecule is CC.CC.CN=Cc1cc(-c2cnc3c(=O)n(C4CCB(C#N)CC4)cnc3c2)cc(C)c1N.